The van der Waals surface area contributed by atoms with Gasteiger partial charge < -0.3 is 32.1 Å². The molecule has 0 bridgehead atoms. The van der Waals surface area contributed by atoms with E-state index in [9.17, 15) is 0 Å². The third-order valence-corrected chi connectivity index (χ3v) is 29.6. The van der Waals surface area contributed by atoms with Gasteiger partial charge in [0.05, 0.1) is 88.4 Å². The number of hydrogen-bond acceptors (Lipinski definition) is 2. The first-order valence-corrected chi connectivity index (χ1v) is 44.3. The summed E-state index contributed by atoms with van der Waals surface area (Å²) in [4.78, 5) is 2.59. The molecule has 0 aliphatic carbocycles. The average molecular weight is 1620 g/mol. The molecule has 20 aromatic carbocycles. The molecular formula is C118H70N6OS. The molecule has 2 atom stereocenters. The van der Waals surface area contributed by atoms with Crippen molar-refractivity contribution in [2.75, 3.05) is 0 Å². The van der Waals surface area contributed by atoms with Crippen LogP contribution in [0.4, 0.5) is 0 Å². The molecule has 4 aliphatic rings. The van der Waals surface area contributed by atoms with Crippen LogP contribution in [0.5, 0.6) is 11.5 Å². The zero-order chi connectivity index (χ0) is 81.9. The topological polar surface area (TPSA) is 38.8 Å². The molecular weight excluding hydrogens is 1550 g/mol. The van der Waals surface area contributed by atoms with E-state index < -0.39 is 10.8 Å². The van der Waals surface area contributed by atoms with E-state index in [0.29, 0.717) is 0 Å². The number of ether oxygens (including phenoxy) is 1. The van der Waals surface area contributed by atoms with Gasteiger partial charge in [-0.3, -0.25) is 0 Å². The van der Waals surface area contributed by atoms with E-state index in [1.165, 1.54) is 196 Å². The van der Waals surface area contributed by atoms with E-state index in [2.05, 4.69) is 452 Å². The van der Waals surface area contributed by atoms with E-state index in [1.54, 1.807) is 0 Å². The number of fused-ring (bicyclic) bond motifs is 37. The van der Waals surface area contributed by atoms with Crippen molar-refractivity contribution < 1.29 is 4.74 Å². The Kier molecular flexibility index (Phi) is 13.7. The molecule has 4 aliphatic heterocycles. The fourth-order valence-electron chi connectivity index (χ4n) is 23.5. The van der Waals surface area contributed by atoms with Gasteiger partial charge in [-0.2, -0.15) is 0 Å². The van der Waals surface area contributed by atoms with Crippen LogP contribution < -0.4 is 4.74 Å². The summed E-state index contributed by atoms with van der Waals surface area (Å²) in [7, 11) is 0. The SMILES string of the molecule is c1ccc2c(c1)Oc1c(ccc3c4ccccc4n(-c4ccc5c(c4)c4ccccc4n5-c4ccc5ccccc5c4)c13)C21c2ccccc2-n2c3ccccc3c3cccc1c32.c1ccc2c(c1)Sc1cc3c(cc1C21c2ccccc2-n2c4ccccc4c4cccc1c42)c1ccccc1n3-c1ccc2c(c1)c1ccccc1n2-c1ccc2ccccc2c1. The Morgan fingerprint density at radius 2 is 0.540 bits per heavy atom. The van der Waals surface area contributed by atoms with Crippen molar-refractivity contribution in [2.24, 2.45) is 0 Å². The Morgan fingerprint density at radius 3 is 1.07 bits per heavy atom. The van der Waals surface area contributed by atoms with Gasteiger partial charge >= 0.3 is 0 Å². The van der Waals surface area contributed by atoms with Crippen LogP contribution >= 0.6 is 11.8 Å². The molecule has 2 unspecified atom stereocenters. The molecule has 0 saturated carbocycles. The molecule has 10 heterocycles. The highest BCUT2D eigenvalue weighted by Crippen LogP contribution is 2.65. The zero-order valence-corrected chi connectivity index (χ0v) is 68.7. The maximum atomic E-state index is 7.39. The number of nitrogens with zero attached hydrogens (tertiary/aromatic N) is 6. The van der Waals surface area contributed by atoms with E-state index in [-0.39, 0.29) is 0 Å². The van der Waals surface area contributed by atoms with Gasteiger partial charge in [0.25, 0.3) is 0 Å². The van der Waals surface area contributed by atoms with Gasteiger partial charge in [-0.1, -0.05) is 303 Å². The summed E-state index contributed by atoms with van der Waals surface area (Å²) >= 11 is 1.91. The molecule has 7 nitrogen and oxygen atoms in total. The van der Waals surface area contributed by atoms with Gasteiger partial charge in [-0.05, 0) is 188 Å². The summed E-state index contributed by atoms with van der Waals surface area (Å²) in [6, 6.07) is 158. The van der Waals surface area contributed by atoms with Crippen molar-refractivity contribution in [2.45, 2.75) is 20.6 Å². The van der Waals surface area contributed by atoms with Crippen molar-refractivity contribution in [3.05, 3.63) is 469 Å². The molecule has 26 aromatic rings. The van der Waals surface area contributed by atoms with Crippen LogP contribution in [0.1, 0.15) is 44.5 Å². The highest BCUT2D eigenvalue weighted by atomic mass is 32.2. The first kappa shape index (κ1) is 68.5. The van der Waals surface area contributed by atoms with E-state index in [1.807, 2.05) is 11.8 Å². The standard InChI is InChI=1S/C59H35N3O.C59H35N3S/c1-2-15-37-34-38(29-28-36(37)14-1)60-50-23-8-5-18-42(50)45-35-39(30-33-53(45)60)61-51-24-9-3-17-41(51)44-31-32-49-58(57(44)61)63-55-27-12-7-21-47(55)59(49)46-20-6-11-26-54(46)62-52-25-10-4-16-40(52)43-19-13-22-48(59)56(43)62;1-2-15-37-32-38(29-28-36(37)14-1)60-50-23-8-4-17-41(50)44-33-39(30-31-53(44)60)61-51-24-9-5-18-42(51)45-34-49-57(35-55(45)61)63-56-27-12-7-21-47(56)59(49)46-20-6-11-26-54(46)62-52-25-10-3-16-40(52)43-19-13-22-48(59)58(43)62/h2*1-35H. The first-order chi connectivity index (χ1) is 62.5. The fraction of sp³-hybridized carbons (Fsp3) is 0.0169. The molecule has 0 radical (unpaired) electrons. The molecule has 126 heavy (non-hydrogen) atoms. The lowest BCUT2D eigenvalue weighted by atomic mass is 9.61. The average Bonchev–Trinajstić information content (AvgIpc) is 1.19. The van der Waals surface area contributed by atoms with Gasteiger partial charge in [0.2, 0.25) is 0 Å². The van der Waals surface area contributed by atoms with Crippen molar-refractivity contribution in [3.63, 3.8) is 0 Å². The van der Waals surface area contributed by atoms with Crippen LogP contribution in [0.15, 0.2) is 434 Å². The Morgan fingerprint density at radius 1 is 0.183 bits per heavy atom. The van der Waals surface area contributed by atoms with Crippen molar-refractivity contribution in [3.8, 4) is 45.6 Å². The molecule has 0 fully saturated rings. The normalized spacial score (nSPS) is 15.2. The minimum Gasteiger partial charge on any atom is -0.454 e. The van der Waals surface area contributed by atoms with Crippen LogP contribution in [0.2, 0.25) is 0 Å². The Labute approximate surface area is 726 Å². The lowest BCUT2D eigenvalue weighted by Crippen LogP contribution is -2.37. The predicted molar refractivity (Wildman–Crippen MR) is 522 cm³/mol. The minimum absolute atomic E-state index is 0.543. The summed E-state index contributed by atoms with van der Waals surface area (Å²) in [5, 5.41) is 19.8. The van der Waals surface area contributed by atoms with Crippen molar-refractivity contribution in [1.29, 1.82) is 0 Å². The summed E-state index contributed by atoms with van der Waals surface area (Å²) in [5.74, 6) is 1.76. The number of benzene rings is 20. The van der Waals surface area contributed by atoms with Crippen LogP contribution in [0.3, 0.4) is 0 Å². The molecule has 584 valence electrons. The number of para-hydroxylation sites is 11. The summed E-state index contributed by atoms with van der Waals surface area (Å²) < 4.78 is 22.2. The Balaban J connectivity index is 0.000000125. The predicted octanol–water partition coefficient (Wildman–Crippen LogP) is 30.2. The van der Waals surface area contributed by atoms with Gasteiger partial charge in [-0.25, -0.2) is 0 Å². The van der Waals surface area contributed by atoms with Gasteiger partial charge in [0.15, 0.2) is 5.75 Å². The second-order valence-corrected chi connectivity index (χ2v) is 35.5. The molecule has 2 spiro atoms. The molecule has 0 saturated heterocycles. The number of aromatic nitrogens is 6. The number of hydrogen-bond donors (Lipinski definition) is 0. The largest absolute Gasteiger partial charge is 0.454 e. The van der Waals surface area contributed by atoms with Gasteiger partial charge in [-0.15, -0.1) is 0 Å². The van der Waals surface area contributed by atoms with Crippen molar-refractivity contribution in [1.82, 2.24) is 27.4 Å². The van der Waals surface area contributed by atoms with Crippen molar-refractivity contribution >= 4 is 164 Å². The van der Waals surface area contributed by atoms with Crippen LogP contribution in [0.25, 0.3) is 187 Å². The van der Waals surface area contributed by atoms with E-state index >= 15 is 0 Å². The monoisotopic (exact) mass is 1620 g/mol. The first-order valence-electron chi connectivity index (χ1n) is 43.5. The van der Waals surface area contributed by atoms with Gasteiger partial charge in [0.1, 0.15) is 5.75 Å². The Hall–Kier alpha value is -16.1. The quantitative estimate of drug-likeness (QED) is 0.176. The molecule has 0 N–H and O–H groups in total. The second kappa shape index (κ2) is 25.3. The maximum Gasteiger partial charge on any atom is 0.156 e. The summed E-state index contributed by atoms with van der Waals surface area (Å²) in [5.41, 5.74) is 30.3. The molecule has 8 heteroatoms. The van der Waals surface area contributed by atoms with Crippen LogP contribution in [0, 0.1) is 0 Å². The summed E-state index contributed by atoms with van der Waals surface area (Å²) in [6.07, 6.45) is 0. The third-order valence-electron chi connectivity index (χ3n) is 28.5. The van der Waals surface area contributed by atoms with Gasteiger partial charge in [0, 0.05) is 108 Å². The lowest BCUT2D eigenvalue weighted by molar-refractivity contribution is 0.438. The van der Waals surface area contributed by atoms with Crippen LogP contribution in [-0.2, 0) is 10.8 Å². The molecule has 6 aromatic heterocycles. The molecule has 30 rings (SSSR count). The third kappa shape index (κ3) is 8.86. The smallest absolute Gasteiger partial charge is 0.156 e. The van der Waals surface area contributed by atoms with E-state index in [4.69, 9.17) is 4.74 Å². The maximum absolute atomic E-state index is 7.39. The minimum atomic E-state index is -0.669. The summed E-state index contributed by atoms with van der Waals surface area (Å²) in [6.45, 7) is 0. The fourth-order valence-corrected chi connectivity index (χ4v) is 24.8. The lowest BCUT2D eigenvalue weighted by Gasteiger charge is -2.45. The zero-order valence-electron chi connectivity index (χ0n) is 67.9. The van der Waals surface area contributed by atoms with Crippen LogP contribution in [-0.4, -0.2) is 27.4 Å². The van der Waals surface area contributed by atoms with E-state index in [0.717, 1.165) is 56.1 Å². The highest BCUT2D eigenvalue weighted by Gasteiger charge is 2.53. The highest BCUT2D eigenvalue weighted by molar-refractivity contribution is 7.99. The second-order valence-electron chi connectivity index (χ2n) is 34.4. The number of rotatable bonds is 4. The molecule has 0 amide bonds. The Bertz CT molecular complexity index is 9360.